The summed E-state index contributed by atoms with van der Waals surface area (Å²) in [5.41, 5.74) is 2.83. The van der Waals surface area contributed by atoms with Crippen LogP contribution in [0.15, 0.2) is 18.2 Å². The lowest BCUT2D eigenvalue weighted by Gasteiger charge is -2.12. The fourth-order valence-electron chi connectivity index (χ4n) is 1.81. The molecule has 0 N–H and O–H groups in total. The Labute approximate surface area is 87.1 Å². The van der Waals surface area contributed by atoms with Gasteiger partial charge < -0.3 is 4.74 Å². The number of rotatable bonds is 5. The molecular weight excluding hydrogens is 172 g/mol. The van der Waals surface area contributed by atoms with Crippen LogP contribution in [0.2, 0.25) is 0 Å². The van der Waals surface area contributed by atoms with Gasteiger partial charge in [0.1, 0.15) is 5.75 Å². The first-order valence-electron chi connectivity index (χ1n) is 5.57. The van der Waals surface area contributed by atoms with Gasteiger partial charge in [0.05, 0.1) is 6.61 Å². The summed E-state index contributed by atoms with van der Waals surface area (Å²) in [6, 6.07) is 6.38. The molecule has 0 aliphatic rings. The molecule has 0 atom stereocenters. The molecule has 0 saturated carbocycles. The van der Waals surface area contributed by atoms with Crippen LogP contribution in [-0.2, 0) is 12.8 Å². The zero-order valence-electron chi connectivity index (χ0n) is 9.47. The second kappa shape index (κ2) is 5.69. The summed E-state index contributed by atoms with van der Waals surface area (Å²) in [4.78, 5) is 0. The highest BCUT2D eigenvalue weighted by Gasteiger charge is 2.05. The Balaban J connectivity index is 2.98. The zero-order valence-corrected chi connectivity index (χ0v) is 9.47. The second-order valence-electron chi connectivity index (χ2n) is 3.43. The fourth-order valence-corrected chi connectivity index (χ4v) is 1.81. The standard InChI is InChI=1S/C13H20O/c1-4-8-11-9-7-10-13(14-6-3)12(11)5-2/h7,9-10H,4-6,8H2,1-3H3. The van der Waals surface area contributed by atoms with Gasteiger partial charge in [-0.2, -0.15) is 0 Å². The Morgan fingerprint density at radius 3 is 2.50 bits per heavy atom. The predicted molar refractivity (Wildman–Crippen MR) is 61.0 cm³/mol. The van der Waals surface area contributed by atoms with Crippen LogP contribution in [0.5, 0.6) is 5.75 Å². The summed E-state index contributed by atoms with van der Waals surface area (Å²) in [6.07, 6.45) is 3.41. The van der Waals surface area contributed by atoms with Gasteiger partial charge in [-0.15, -0.1) is 0 Å². The third-order valence-corrected chi connectivity index (χ3v) is 2.40. The number of benzene rings is 1. The minimum atomic E-state index is 0.753. The number of ether oxygens (including phenoxy) is 1. The molecule has 14 heavy (non-hydrogen) atoms. The van der Waals surface area contributed by atoms with Crippen LogP contribution in [0.3, 0.4) is 0 Å². The van der Waals surface area contributed by atoms with E-state index in [4.69, 9.17) is 4.74 Å². The van der Waals surface area contributed by atoms with E-state index in [0.717, 1.165) is 25.2 Å². The summed E-state index contributed by atoms with van der Waals surface area (Å²) in [5, 5.41) is 0. The van der Waals surface area contributed by atoms with Gasteiger partial charge in [0.15, 0.2) is 0 Å². The summed E-state index contributed by atoms with van der Waals surface area (Å²) < 4.78 is 5.61. The Bertz CT molecular complexity index is 254. The Morgan fingerprint density at radius 1 is 1.14 bits per heavy atom. The van der Waals surface area contributed by atoms with E-state index in [-0.39, 0.29) is 0 Å². The summed E-state index contributed by atoms with van der Waals surface area (Å²) in [7, 11) is 0. The normalized spacial score (nSPS) is 10.2. The second-order valence-corrected chi connectivity index (χ2v) is 3.43. The van der Waals surface area contributed by atoms with Crippen molar-refractivity contribution in [3.8, 4) is 5.75 Å². The maximum absolute atomic E-state index is 5.61. The highest BCUT2D eigenvalue weighted by Crippen LogP contribution is 2.24. The number of hydrogen-bond donors (Lipinski definition) is 0. The van der Waals surface area contributed by atoms with Gasteiger partial charge in [-0.1, -0.05) is 32.4 Å². The molecule has 0 bridgehead atoms. The average molecular weight is 192 g/mol. The van der Waals surface area contributed by atoms with E-state index in [1.165, 1.54) is 17.5 Å². The van der Waals surface area contributed by atoms with Crippen molar-refractivity contribution in [3.05, 3.63) is 29.3 Å². The van der Waals surface area contributed by atoms with Crippen LogP contribution in [0, 0.1) is 0 Å². The van der Waals surface area contributed by atoms with E-state index in [0.29, 0.717) is 0 Å². The van der Waals surface area contributed by atoms with Gasteiger partial charge in [-0.25, -0.2) is 0 Å². The van der Waals surface area contributed by atoms with Crippen molar-refractivity contribution in [2.45, 2.75) is 40.0 Å². The summed E-state index contributed by atoms with van der Waals surface area (Å²) in [5.74, 6) is 1.07. The molecule has 0 aliphatic heterocycles. The average Bonchev–Trinajstić information content (AvgIpc) is 2.19. The van der Waals surface area contributed by atoms with Gasteiger partial charge in [-0.3, -0.25) is 0 Å². The van der Waals surface area contributed by atoms with Crippen LogP contribution in [0.4, 0.5) is 0 Å². The monoisotopic (exact) mass is 192 g/mol. The minimum absolute atomic E-state index is 0.753. The maximum Gasteiger partial charge on any atom is 0.122 e. The molecule has 0 unspecified atom stereocenters. The maximum atomic E-state index is 5.61. The van der Waals surface area contributed by atoms with Crippen LogP contribution >= 0.6 is 0 Å². The van der Waals surface area contributed by atoms with E-state index in [1.807, 2.05) is 6.92 Å². The third-order valence-electron chi connectivity index (χ3n) is 2.40. The van der Waals surface area contributed by atoms with Crippen molar-refractivity contribution in [1.29, 1.82) is 0 Å². The van der Waals surface area contributed by atoms with E-state index in [9.17, 15) is 0 Å². The van der Waals surface area contributed by atoms with Crippen molar-refractivity contribution < 1.29 is 4.74 Å². The van der Waals surface area contributed by atoms with Gasteiger partial charge in [-0.05, 0) is 37.0 Å². The molecule has 0 aliphatic carbocycles. The smallest absolute Gasteiger partial charge is 0.122 e. The first kappa shape index (κ1) is 11.1. The molecule has 0 amide bonds. The molecule has 1 nitrogen and oxygen atoms in total. The fraction of sp³-hybridized carbons (Fsp3) is 0.538. The van der Waals surface area contributed by atoms with Crippen molar-refractivity contribution in [3.63, 3.8) is 0 Å². The van der Waals surface area contributed by atoms with Crippen molar-refractivity contribution in [1.82, 2.24) is 0 Å². The van der Waals surface area contributed by atoms with Gasteiger partial charge >= 0.3 is 0 Å². The molecule has 0 spiro atoms. The molecule has 0 radical (unpaired) electrons. The highest BCUT2D eigenvalue weighted by molar-refractivity contribution is 5.40. The highest BCUT2D eigenvalue weighted by atomic mass is 16.5. The lowest BCUT2D eigenvalue weighted by molar-refractivity contribution is 0.336. The summed E-state index contributed by atoms with van der Waals surface area (Å²) >= 11 is 0. The Kier molecular flexibility index (Phi) is 4.51. The molecule has 0 aromatic heterocycles. The Morgan fingerprint density at radius 2 is 1.93 bits per heavy atom. The third kappa shape index (κ3) is 2.50. The molecule has 0 heterocycles. The quantitative estimate of drug-likeness (QED) is 0.692. The van der Waals surface area contributed by atoms with Crippen molar-refractivity contribution in [2.24, 2.45) is 0 Å². The minimum Gasteiger partial charge on any atom is -0.494 e. The Hall–Kier alpha value is -0.980. The van der Waals surface area contributed by atoms with Gasteiger partial charge in [0, 0.05) is 0 Å². The van der Waals surface area contributed by atoms with Crippen molar-refractivity contribution in [2.75, 3.05) is 6.61 Å². The van der Waals surface area contributed by atoms with Crippen LogP contribution in [0.1, 0.15) is 38.3 Å². The van der Waals surface area contributed by atoms with E-state index < -0.39 is 0 Å². The first-order valence-corrected chi connectivity index (χ1v) is 5.57. The lowest BCUT2D eigenvalue weighted by atomic mass is 10.0. The van der Waals surface area contributed by atoms with E-state index in [1.54, 1.807) is 0 Å². The van der Waals surface area contributed by atoms with E-state index in [2.05, 4.69) is 32.0 Å². The van der Waals surface area contributed by atoms with Gasteiger partial charge in [0.25, 0.3) is 0 Å². The summed E-state index contributed by atoms with van der Waals surface area (Å²) in [6.45, 7) is 7.19. The van der Waals surface area contributed by atoms with Crippen LogP contribution in [0.25, 0.3) is 0 Å². The SMILES string of the molecule is CCCc1cccc(OCC)c1CC. The lowest BCUT2D eigenvalue weighted by Crippen LogP contribution is -1.99. The van der Waals surface area contributed by atoms with Crippen LogP contribution < -0.4 is 4.74 Å². The number of hydrogen-bond acceptors (Lipinski definition) is 1. The molecule has 1 aromatic carbocycles. The topological polar surface area (TPSA) is 9.23 Å². The largest absolute Gasteiger partial charge is 0.494 e. The molecule has 78 valence electrons. The van der Waals surface area contributed by atoms with Crippen LogP contribution in [-0.4, -0.2) is 6.61 Å². The molecular formula is C13H20O. The van der Waals surface area contributed by atoms with Gasteiger partial charge in [0.2, 0.25) is 0 Å². The molecule has 1 heteroatoms. The first-order chi connectivity index (χ1) is 6.83. The zero-order chi connectivity index (χ0) is 10.4. The van der Waals surface area contributed by atoms with Crippen molar-refractivity contribution >= 4 is 0 Å². The molecule has 0 saturated heterocycles. The predicted octanol–water partition coefficient (Wildman–Crippen LogP) is 3.60. The molecule has 1 aromatic rings. The molecule has 1 rings (SSSR count). The molecule has 0 fully saturated rings. The van der Waals surface area contributed by atoms with E-state index >= 15 is 0 Å². The number of aryl methyl sites for hydroxylation is 1.